The summed E-state index contributed by atoms with van der Waals surface area (Å²) in [7, 11) is -1.80. The van der Waals surface area contributed by atoms with Gasteiger partial charge >= 0.3 is 21.7 Å². The van der Waals surface area contributed by atoms with E-state index in [9.17, 15) is 0 Å². The number of halogens is 3. The molecule has 1 atom stereocenters. The smallest absolute Gasteiger partial charge is 1.00 e. The van der Waals surface area contributed by atoms with E-state index >= 15 is 0 Å². The molecule has 30 heavy (non-hydrogen) atoms. The van der Waals surface area contributed by atoms with Crippen LogP contribution in [0.3, 0.4) is 0 Å². The molecule has 1 aromatic rings. The molecular weight excluding hydrogens is 483 g/mol. The van der Waals surface area contributed by atoms with Crippen LogP contribution in [0.15, 0.2) is 34.9 Å². The van der Waals surface area contributed by atoms with E-state index in [1.807, 2.05) is 0 Å². The number of unbranched alkanes of at least 4 members (excludes halogenated alkanes) is 2. The molecule has 0 saturated heterocycles. The van der Waals surface area contributed by atoms with Crippen molar-refractivity contribution in [2.75, 3.05) is 0 Å². The largest absolute Gasteiger partial charge is 4.00 e. The van der Waals surface area contributed by atoms with Gasteiger partial charge in [-0.3, -0.25) is 6.08 Å². The molecule has 5 heteroatoms. The van der Waals surface area contributed by atoms with Crippen molar-refractivity contribution in [2.45, 2.75) is 98.2 Å². The average Bonchev–Trinajstić information content (AvgIpc) is 2.78. The fraction of sp³-hybridized carbons (Fsp3) is 0.600. The van der Waals surface area contributed by atoms with Crippen molar-refractivity contribution < 1.29 is 58.9 Å². The van der Waals surface area contributed by atoms with Gasteiger partial charge in [0.05, 0.1) is 8.07 Å². The third-order valence-corrected chi connectivity index (χ3v) is 13.2. The van der Waals surface area contributed by atoms with Crippen LogP contribution >= 0.6 is 0 Å². The number of hydrogen-bond acceptors (Lipinski definition) is 0. The summed E-state index contributed by atoms with van der Waals surface area (Å²) in [5.41, 5.74) is 7.31. The van der Waals surface area contributed by atoms with Crippen molar-refractivity contribution in [2.24, 2.45) is 0 Å². The number of benzene rings is 1. The van der Waals surface area contributed by atoms with E-state index in [1.54, 1.807) is 10.8 Å². The minimum Gasteiger partial charge on any atom is -1.00 e. The summed E-state index contributed by atoms with van der Waals surface area (Å²) in [6.45, 7) is 18.7. The minimum atomic E-state index is -1.80. The second-order valence-corrected chi connectivity index (χ2v) is 13.5. The molecule has 168 valence electrons. The van der Waals surface area contributed by atoms with Crippen molar-refractivity contribution in [3.05, 3.63) is 52.1 Å². The second-order valence-electron chi connectivity index (χ2n) is 8.79. The molecule has 0 aromatic heterocycles. The van der Waals surface area contributed by atoms with E-state index in [0.717, 1.165) is 0 Å². The van der Waals surface area contributed by atoms with E-state index in [-0.39, 0.29) is 64.0 Å². The van der Waals surface area contributed by atoms with Crippen LogP contribution in [-0.4, -0.2) is 8.07 Å². The van der Waals surface area contributed by atoms with Gasteiger partial charge in [0.15, 0.2) is 0 Å². The van der Waals surface area contributed by atoms with Crippen molar-refractivity contribution in [1.29, 1.82) is 0 Å². The molecule has 0 heterocycles. The third-order valence-electron chi connectivity index (χ3n) is 6.96. The van der Waals surface area contributed by atoms with Gasteiger partial charge in [-0.25, -0.2) is 5.57 Å². The molecule has 1 aliphatic rings. The molecule has 0 bridgehead atoms. The van der Waals surface area contributed by atoms with E-state index in [0.29, 0.717) is 0 Å². The standard InChI is InChI=1S/C25H39Si.3ClH.Ti/c1-9-11-13-26(14-12-10-2,24-16-19(3)15-20(4)17-24)25(8)18-21(5)22(6)23(25)7;;;;/h15-17H,9-14H2,1-8H3;3*1H;/q-1;;;;+4/p-3. The molecule has 1 unspecified atom stereocenters. The van der Waals surface area contributed by atoms with Gasteiger partial charge in [0.25, 0.3) is 0 Å². The summed E-state index contributed by atoms with van der Waals surface area (Å²) in [6, 6.07) is 10.1. The number of hydrogen-bond donors (Lipinski definition) is 0. The Morgan fingerprint density at radius 1 is 0.800 bits per heavy atom. The Hall–Kier alpha value is 0.501. The van der Waals surface area contributed by atoms with Gasteiger partial charge in [-0.05, 0) is 13.8 Å². The molecule has 0 radical (unpaired) electrons. The van der Waals surface area contributed by atoms with Gasteiger partial charge in [0, 0.05) is 0 Å². The summed E-state index contributed by atoms with van der Waals surface area (Å²) in [5, 5.41) is 1.81. The van der Waals surface area contributed by atoms with Gasteiger partial charge in [-0.2, -0.15) is 11.1 Å². The summed E-state index contributed by atoms with van der Waals surface area (Å²) in [5.74, 6) is 0. The van der Waals surface area contributed by atoms with Gasteiger partial charge in [0.2, 0.25) is 0 Å². The maximum Gasteiger partial charge on any atom is 4.00 e. The molecule has 1 aliphatic carbocycles. The Labute approximate surface area is 221 Å². The zero-order valence-electron chi connectivity index (χ0n) is 20.1. The fourth-order valence-corrected chi connectivity index (χ4v) is 11.8. The Morgan fingerprint density at radius 2 is 1.23 bits per heavy atom. The Kier molecular flexibility index (Phi) is 17.1. The summed E-state index contributed by atoms with van der Waals surface area (Å²) in [4.78, 5) is 0. The van der Waals surface area contributed by atoms with Crippen molar-refractivity contribution in [3.63, 3.8) is 0 Å². The Balaban J connectivity index is -0.00000182. The molecule has 0 spiro atoms. The first-order chi connectivity index (χ1) is 12.2. The molecular formula is C25H39Cl3SiTi. The first-order valence-electron chi connectivity index (χ1n) is 10.6. The predicted octanol–water partition coefficient (Wildman–Crippen LogP) is -1.57. The van der Waals surface area contributed by atoms with E-state index < -0.39 is 8.07 Å². The van der Waals surface area contributed by atoms with Crippen LogP contribution in [0.5, 0.6) is 0 Å². The van der Waals surface area contributed by atoms with Crippen molar-refractivity contribution in [3.8, 4) is 0 Å². The quantitative estimate of drug-likeness (QED) is 0.287. The predicted molar refractivity (Wildman–Crippen MR) is 120 cm³/mol. The number of allylic oxidation sites excluding steroid dienone is 4. The zero-order valence-corrected chi connectivity index (χ0v) is 24.9. The van der Waals surface area contributed by atoms with Gasteiger partial charge in [-0.1, -0.05) is 112 Å². The van der Waals surface area contributed by atoms with Crippen LogP contribution < -0.4 is 42.4 Å². The van der Waals surface area contributed by atoms with Crippen LogP contribution in [0.2, 0.25) is 17.1 Å². The Morgan fingerprint density at radius 3 is 1.57 bits per heavy atom. The average molecular weight is 522 g/mol. The molecule has 0 saturated carbocycles. The summed E-state index contributed by atoms with van der Waals surface area (Å²) >= 11 is 0. The summed E-state index contributed by atoms with van der Waals surface area (Å²) < 4.78 is 0. The van der Waals surface area contributed by atoms with Crippen LogP contribution in [0.4, 0.5) is 0 Å². The van der Waals surface area contributed by atoms with Crippen LogP contribution in [-0.2, 0) is 21.7 Å². The third kappa shape index (κ3) is 6.75. The zero-order chi connectivity index (χ0) is 19.5. The van der Waals surface area contributed by atoms with Gasteiger partial charge < -0.3 is 37.2 Å². The first kappa shape index (κ1) is 35.1. The normalized spacial score (nSPS) is 17.9. The molecule has 0 N–H and O–H groups in total. The minimum absolute atomic E-state index is 0. The van der Waals surface area contributed by atoms with Crippen LogP contribution in [0.25, 0.3) is 0 Å². The molecule has 2 rings (SSSR count). The molecule has 0 fully saturated rings. The van der Waals surface area contributed by atoms with Crippen LogP contribution in [0, 0.1) is 19.9 Å². The first-order valence-corrected chi connectivity index (χ1v) is 13.0. The fourth-order valence-electron chi connectivity index (χ4n) is 5.11. The second kappa shape index (κ2) is 14.6. The van der Waals surface area contributed by atoms with Crippen molar-refractivity contribution >= 4 is 13.3 Å². The van der Waals surface area contributed by atoms with Crippen LogP contribution in [0.1, 0.15) is 78.4 Å². The monoisotopic (exact) mass is 520 g/mol. The molecule has 0 aliphatic heterocycles. The Bertz CT molecular complexity index is 699. The maximum atomic E-state index is 4.03. The van der Waals surface area contributed by atoms with Crippen molar-refractivity contribution in [1.82, 2.24) is 0 Å². The SMILES string of the molecule is CCCC[Si](CCCC)(c1cc(C)cc(C)c1)C1(C)[C-]=C(C)C(C)=C1C.[Cl-].[Cl-].[Cl-].[Ti+4]. The van der Waals surface area contributed by atoms with Gasteiger partial charge in [-0.15, -0.1) is 6.92 Å². The molecule has 0 amide bonds. The van der Waals surface area contributed by atoms with Gasteiger partial charge in [0.1, 0.15) is 0 Å². The number of aryl methyl sites for hydroxylation is 2. The molecule has 0 nitrogen and oxygen atoms in total. The number of rotatable bonds is 8. The maximum absolute atomic E-state index is 4.03. The van der Waals surface area contributed by atoms with E-state index in [1.165, 1.54) is 60.0 Å². The van der Waals surface area contributed by atoms with E-state index in [4.69, 9.17) is 0 Å². The van der Waals surface area contributed by atoms with E-state index in [2.05, 4.69) is 79.7 Å². The molecule has 1 aromatic carbocycles. The summed E-state index contributed by atoms with van der Waals surface area (Å²) in [6.07, 6.45) is 9.28. The topological polar surface area (TPSA) is 0 Å².